The molecule has 0 heterocycles. The maximum atomic E-state index is 14.3. The van der Waals surface area contributed by atoms with Crippen LogP contribution in [-0.4, -0.2) is 5.67 Å². The Hall–Kier alpha value is -1.51. The van der Waals surface area contributed by atoms with E-state index in [9.17, 15) is 13.2 Å². The number of rotatable bonds is 1. The molecule has 0 radical (unpaired) electrons. The molecule has 0 saturated heterocycles. The Morgan fingerprint density at radius 1 is 1.22 bits per heavy atom. The lowest BCUT2D eigenvalue weighted by atomic mass is 9.90. The summed E-state index contributed by atoms with van der Waals surface area (Å²) >= 11 is 0. The molecule has 0 bridgehead atoms. The molecule has 2 unspecified atom stereocenters. The van der Waals surface area contributed by atoms with Crippen LogP contribution >= 0.6 is 0 Å². The van der Waals surface area contributed by atoms with Crippen molar-refractivity contribution >= 4 is 5.57 Å². The van der Waals surface area contributed by atoms with Crippen molar-refractivity contribution in [3.63, 3.8) is 0 Å². The van der Waals surface area contributed by atoms with Gasteiger partial charge in [0, 0.05) is 17.1 Å². The van der Waals surface area contributed by atoms with Crippen LogP contribution in [0.2, 0.25) is 0 Å². The highest BCUT2D eigenvalue weighted by Gasteiger charge is 2.58. The van der Waals surface area contributed by atoms with E-state index in [1.165, 1.54) is 18.2 Å². The molecule has 0 aliphatic heterocycles. The topological polar surface area (TPSA) is 0 Å². The van der Waals surface area contributed by atoms with Gasteiger partial charge in [0.1, 0.15) is 17.3 Å². The average molecular weight is 250 g/mol. The lowest BCUT2D eigenvalue weighted by Gasteiger charge is -2.19. The van der Waals surface area contributed by atoms with Crippen LogP contribution in [-0.2, 0) is 0 Å². The SMILES string of the molecule is CC1=C(c2ccc(C)cc2F)C(F)=CC2CC12F. The molecule has 1 fully saturated rings. The minimum absolute atomic E-state index is 0.0868. The van der Waals surface area contributed by atoms with Gasteiger partial charge in [0.15, 0.2) is 0 Å². The zero-order valence-electron chi connectivity index (χ0n) is 10.2. The van der Waals surface area contributed by atoms with Gasteiger partial charge in [-0.1, -0.05) is 12.1 Å². The van der Waals surface area contributed by atoms with Gasteiger partial charge in [-0.05, 0) is 43.5 Å². The van der Waals surface area contributed by atoms with Gasteiger partial charge in [0.2, 0.25) is 0 Å². The van der Waals surface area contributed by atoms with Crippen molar-refractivity contribution in [1.82, 2.24) is 0 Å². The Balaban J connectivity index is 2.18. The molecule has 0 aromatic heterocycles. The summed E-state index contributed by atoms with van der Waals surface area (Å²) in [5, 5.41) is 0. The number of fused-ring (bicyclic) bond motifs is 1. The van der Waals surface area contributed by atoms with Crippen LogP contribution in [0, 0.1) is 18.7 Å². The van der Waals surface area contributed by atoms with Gasteiger partial charge in [-0.3, -0.25) is 0 Å². The van der Waals surface area contributed by atoms with Crippen molar-refractivity contribution < 1.29 is 13.2 Å². The van der Waals surface area contributed by atoms with Gasteiger partial charge in [-0.2, -0.15) is 0 Å². The third-order valence-electron chi connectivity index (χ3n) is 3.92. The molecule has 2 aliphatic carbocycles. The fourth-order valence-electron chi connectivity index (χ4n) is 2.68. The van der Waals surface area contributed by atoms with Crippen LogP contribution in [0.1, 0.15) is 24.5 Å². The van der Waals surface area contributed by atoms with Crippen LogP contribution in [0.3, 0.4) is 0 Å². The predicted molar refractivity (Wildman–Crippen MR) is 64.9 cm³/mol. The van der Waals surface area contributed by atoms with Gasteiger partial charge in [-0.15, -0.1) is 0 Å². The molecule has 2 atom stereocenters. The minimum Gasteiger partial charge on any atom is -0.238 e. The zero-order chi connectivity index (χ0) is 13.1. The smallest absolute Gasteiger partial charge is 0.139 e. The highest BCUT2D eigenvalue weighted by atomic mass is 19.1. The summed E-state index contributed by atoms with van der Waals surface area (Å²) in [6, 6.07) is 4.56. The van der Waals surface area contributed by atoms with Gasteiger partial charge < -0.3 is 0 Å². The molecule has 18 heavy (non-hydrogen) atoms. The van der Waals surface area contributed by atoms with Crippen LogP contribution in [0.5, 0.6) is 0 Å². The van der Waals surface area contributed by atoms with E-state index in [1.54, 1.807) is 19.9 Å². The molecular formula is C15H13F3. The van der Waals surface area contributed by atoms with Crippen molar-refractivity contribution in [2.75, 3.05) is 0 Å². The fraction of sp³-hybridized carbons (Fsp3) is 0.333. The molecule has 3 heteroatoms. The highest BCUT2D eigenvalue weighted by molar-refractivity contribution is 5.83. The number of benzene rings is 1. The molecule has 3 rings (SSSR count). The highest BCUT2D eigenvalue weighted by Crippen LogP contribution is 2.59. The van der Waals surface area contributed by atoms with Crippen molar-refractivity contribution in [2.24, 2.45) is 5.92 Å². The quantitative estimate of drug-likeness (QED) is 0.688. The van der Waals surface area contributed by atoms with E-state index >= 15 is 0 Å². The van der Waals surface area contributed by atoms with Gasteiger partial charge in [0.25, 0.3) is 0 Å². The van der Waals surface area contributed by atoms with E-state index in [1.807, 2.05) is 0 Å². The molecule has 1 aromatic carbocycles. The summed E-state index contributed by atoms with van der Waals surface area (Å²) in [6.45, 7) is 3.32. The van der Waals surface area contributed by atoms with Crippen LogP contribution < -0.4 is 0 Å². The second kappa shape index (κ2) is 3.50. The number of hydrogen-bond acceptors (Lipinski definition) is 0. The molecule has 0 amide bonds. The Labute approximate surface area is 104 Å². The summed E-state index contributed by atoms with van der Waals surface area (Å²) in [4.78, 5) is 0. The molecule has 0 N–H and O–H groups in total. The minimum atomic E-state index is -1.46. The third-order valence-corrected chi connectivity index (χ3v) is 3.92. The van der Waals surface area contributed by atoms with E-state index < -0.39 is 17.3 Å². The first-order chi connectivity index (χ1) is 8.43. The average Bonchev–Trinajstić information content (AvgIpc) is 2.94. The summed E-state index contributed by atoms with van der Waals surface area (Å²) in [5.41, 5.74) is -0.149. The Morgan fingerprint density at radius 3 is 2.61 bits per heavy atom. The number of halogens is 3. The van der Waals surface area contributed by atoms with E-state index in [0.717, 1.165) is 5.56 Å². The number of aryl methyl sites for hydroxylation is 1. The second-order valence-corrected chi connectivity index (χ2v) is 5.17. The van der Waals surface area contributed by atoms with Crippen LogP contribution in [0.25, 0.3) is 5.57 Å². The first-order valence-electron chi connectivity index (χ1n) is 5.98. The van der Waals surface area contributed by atoms with Crippen molar-refractivity contribution in [1.29, 1.82) is 0 Å². The predicted octanol–water partition coefficient (Wildman–Crippen LogP) is 4.50. The first-order valence-corrected chi connectivity index (χ1v) is 5.98. The van der Waals surface area contributed by atoms with Crippen molar-refractivity contribution in [2.45, 2.75) is 25.9 Å². The second-order valence-electron chi connectivity index (χ2n) is 5.17. The van der Waals surface area contributed by atoms with Crippen molar-refractivity contribution in [3.8, 4) is 0 Å². The largest absolute Gasteiger partial charge is 0.238 e. The van der Waals surface area contributed by atoms with Crippen LogP contribution in [0.15, 0.2) is 35.7 Å². The van der Waals surface area contributed by atoms with E-state index in [0.29, 0.717) is 12.0 Å². The number of allylic oxidation sites excluding steroid dienone is 4. The summed E-state index contributed by atoms with van der Waals surface area (Å²) in [6.07, 6.45) is 1.59. The fourth-order valence-corrected chi connectivity index (χ4v) is 2.68. The summed E-state index contributed by atoms with van der Waals surface area (Å²) in [5.74, 6) is -1.38. The lowest BCUT2D eigenvalue weighted by Crippen LogP contribution is -2.13. The van der Waals surface area contributed by atoms with Crippen LogP contribution in [0.4, 0.5) is 13.2 Å². The Kier molecular flexibility index (Phi) is 2.25. The number of hydrogen-bond donors (Lipinski definition) is 0. The maximum absolute atomic E-state index is 14.3. The summed E-state index contributed by atoms with van der Waals surface area (Å²) in [7, 11) is 0. The van der Waals surface area contributed by atoms with Gasteiger partial charge in [-0.25, -0.2) is 13.2 Å². The standard InChI is InChI=1S/C15H13F3/c1-8-3-4-11(12(16)5-8)14-9(2)15(18)7-10(15)6-13(14)17/h3-6,10H,7H2,1-2H3. The Morgan fingerprint density at radius 2 is 1.94 bits per heavy atom. The monoisotopic (exact) mass is 250 g/mol. The molecular weight excluding hydrogens is 237 g/mol. The molecule has 1 aromatic rings. The molecule has 1 saturated carbocycles. The molecule has 0 spiro atoms. The molecule has 94 valence electrons. The number of alkyl halides is 1. The van der Waals surface area contributed by atoms with E-state index in [-0.39, 0.29) is 17.1 Å². The van der Waals surface area contributed by atoms with Crippen molar-refractivity contribution in [3.05, 3.63) is 52.6 Å². The zero-order valence-corrected chi connectivity index (χ0v) is 10.2. The lowest BCUT2D eigenvalue weighted by molar-refractivity contribution is 0.340. The normalized spacial score (nSPS) is 30.1. The van der Waals surface area contributed by atoms with E-state index in [4.69, 9.17) is 0 Å². The van der Waals surface area contributed by atoms with Gasteiger partial charge in [0.05, 0.1) is 0 Å². The van der Waals surface area contributed by atoms with E-state index in [2.05, 4.69) is 0 Å². The molecule has 0 nitrogen and oxygen atoms in total. The molecule has 2 aliphatic rings. The first kappa shape index (κ1) is 11.6. The summed E-state index contributed by atoms with van der Waals surface area (Å²) < 4.78 is 42.1. The Bertz CT molecular complexity index is 598. The van der Waals surface area contributed by atoms with Gasteiger partial charge >= 0.3 is 0 Å². The third kappa shape index (κ3) is 1.46. The maximum Gasteiger partial charge on any atom is 0.139 e.